The lowest BCUT2D eigenvalue weighted by molar-refractivity contribution is 0.930. The molecule has 2 aromatic heterocycles. The molecule has 2 radical (unpaired) electrons. The number of hydrogen-bond donors (Lipinski definition) is 1. The van der Waals surface area contributed by atoms with Gasteiger partial charge in [0.15, 0.2) is 5.65 Å². The number of aryl methyl sites for hydroxylation is 1. The van der Waals surface area contributed by atoms with Gasteiger partial charge in [0.1, 0.15) is 13.4 Å². The van der Waals surface area contributed by atoms with E-state index in [0.717, 1.165) is 0 Å². The molecule has 5 nitrogen and oxygen atoms in total. The summed E-state index contributed by atoms with van der Waals surface area (Å²) in [5, 5.41) is 0. The first-order valence-electron chi connectivity index (χ1n) is 3.38. The molecule has 0 amide bonds. The highest BCUT2D eigenvalue weighted by molar-refractivity contribution is 6.36. The third kappa shape index (κ3) is 0.844. The summed E-state index contributed by atoms with van der Waals surface area (Å²) in [6, 6.07) is 0. The molecule has 0 aromatic carbocycles. The van der Waals surface area contributed by atoms with Crippen LogP contribution in [-0.4, -0.2) is 27.4 Å². The van der Waals surface area contributed by atoms with Gasteiger partial charge in [-0.2, -0.15) is 4.98 Å². The molecule has 0 aliphatic heterocycles. The molecule has 0 atom stereocenters. The van der Waals surface area contributed by atoms with E-state index in [1.165, 1.54) is 0 Å². The van der Waals surface area contributed by atoms with Crippen LogP contribution in [0.3, 0.4) is 0 Å². The van der Waals surface area contributed by atoms with Gasteiger partial charge in [-0.25, -0.2) is 9.97 Å². The molecule has 2 heterocycles. The number of hydrogen-bond acceptors (Lipinski definition) is 4. The highest BCUT2D eigenvalue weighted by atomic mass is 15.1. The Bertz CT molecular complexity index is 435. The van der Waals surface area contributed by atoms with Crippen molar-refractivity contribution in [2.24, 2.45) is 7.05 Å². The summed E-state index contributed by atoms with van der Waals surface area (Å²) in [7, 11) is 7.38. The number of nitrogens with two attached hydrogens (primary N) is 1. The molecular weight excluding hydrogens is 153 g/mol. The van der Waals surface area contributed by atoms with Gasteiger partial charge in [0.25, 0.3) is 0 Å². The van der Waals surface area contributed by atoms with Crippen LogP contribution in [0, 0.1) is 0 Å². The second-order valence-electron chi connectivity index (χ2n) is 2.49. The van der Waals surface area contributed by atoms with E-state index in [9.17, 15) is 0 Å². The minimum atomic E-state index is 0.170. The van der Waals surface area contributed by atoms with Gasteiger partial charge in [-0.05, 0) is 0 Å². The van der Waals surface area contributed by atoms with Crippen LogP contribution in [-0.2, 0) is 7.05 Å². The Kier molecular flexibility index (Phi) is 1.30. The Labute approximate surface area is 70.0 Å². The van der Waals surface area contributed by atoms with Crippen LogP contribution in [0.2, 0.25) is 0 Å². The standard InChI is InChI=1S/C6H6BN5/c1-12-2-9-3-4(7)10-6(8)11-5(3)12/h2H,1H3,(H2,8,10,11). The first-order valence-corrected chi connectivity index (χ1v) is 3.38. The lowest BCUT2D eigenvalue weighted by Crippen LogP contribution is -2.14. The number of imidazole rings is 1. The first kappa shape index (κ1) is 7.09. The zero-order valence-corrected chi connectivity index (χ0v) is 6.52. The number of rotatable bonds is 0. The Balaban J connectivity index is 2.92. The summed E-state index contributed by atoms with van der Waals surface area (Å²) >= 11 is 0. The average molecular weight is 159 g/mol. The van der Waals surface area contributed by atoms with Crippen molar-refractivity contribution in [3.05, 3.63) is 6.33 Å². The molecule has 0 saturated carbocycles. The van der Waals surface area contributed by atoms with Crippen molar-refractivity contribution >= 4 is 30.6 Å². The predicted octanol–water partition coefficient (Wildman–Crippen LogP) is -1.26. The maximum absolute atomic E-state index is 5.56. The summed E-state index contributed by atoms with van der Waals surface area (Å²) in [6.07, 6.45) is 1.62. The molecule has 0 bridgehead atoms. The van der Waals surface area contributed by atoms with E-state index in [-0.39, 0.29) is 5.95 Å². The molecular formula is C6H6BN5. The summed E-state index contributed by atoms with van der Waals surface area (Å²) in [4.78, 5) is 11.8. The second kappa shape index (κ2) is 2.20. The molecule has 12 heavy (non-hydrogen) atoms. The summed E-state index contributed by atoms with van der Waals surface area (Å²) in [5.41, 5.74) is 6.97. The number of anilines is 1. The first-order chi connectivity index (χ1) is 5.68. The largest absolute Gasteiger partial charge is 0.368 e. The SMILES string of the molecule is [B]c1nc(N)nc2c1ncn2C. The van der Waals surface area contributed by atoms with E-state index in [1.54, 1.807) is 10.9 Å². The van der Waals surface area contributed by atoms with Crippen molar-refractivity contribution in [3.63, 3.8) is 0 Å². The Morgan fingerprint density at radius 2 is 2.25 bits per heavy atom. The van der Waals surface area contributed by atoms with Gasteiger partial charge in [0, 0.05) is 12.6 Å². The molecule has 2 rings (SSSR count). The number of fused-ring (bicyclic) bond motifs is 1. The van der Waals surface area contributed by atoms with Gasteiger partial charge in [-0.15, -0.1) is 0 Å². The Morgan fingerprint density at radius 1 is 1.50 bits per heavy atom. The third-order valence-corrected chi connectivity index (χ3v) is 1.60. The van der Waals surface area contributed by atoms with Gasteiger partial charge in [0.05, 0.1) is 6.33 Å². The molecule has 2 aromatic rings. The maximum atomic E-state index is 5.56. The fourth-order valence-corrected chi connectivity index (χ4v) is 1.05. The van der Waals surface area contributed by atoms with Crippen LogP contribution < -0.4 is 11.3 Å². The minimum Gasteiger partial charge on any atom is -0.368 e. The van der Waals surface area contributed by atoms with Crippen molar-refractivity contribution in [1.29, 1.82) is 0 Å². The fraction of sp³-hybridized carbons (Fsp3) is 0.167. The van der Waals surface area contributed by atoms with Gasteiger partial charge in [-0.1, -0.05) is 0 Å². The highest BCUT2D eigenvalue weighted by Gasteiger charge is 2.05. The molecule has 0 unspecified atom stereocenters. The molecule has 2 N–H and O–H groups in total. The lowest BCUT2D eigenvalue weighted by Gasteiger charge is -1.97. The summed E-state index contributed by atoms with van der Waals surface area (Å²) < 4.78 is 1.74. The maximum Gasteiger partial charge on any atom is 0.221 e. The predicted molar refractivity (Wildman–Crippen MR) is 46.1 cm³/mol. The summed E-state index contributed by atoms with van der Waals surface area (Å²) in [6.45, 7) is 0. The lowest BCUT2D eigenvalue weighted by atomic mass is 10.0. The number of aromatic nitrogens is 4. The zero-order valence-electron chi connectivity index (χ0n) is 6.52. The van der Waals surface area contributed by atoms with Crippen molar-refractivity contribution in [1.82, 2.24) is 19.5 Å². The van der Waals surface area contributed by atoms with Gasteiger partial charge in [-0.3, -0.25) is 0 Å². The van der Waals surface area contributed by atoms with E-state index in [0.29, 0.717) is 16.8 Å². The van der Waals surface area contributed by atoms with E-state index in [4.69, 9.17) is 13.6 Å². The molecule has 0 saturated heterocycles. The minimum absolute atomic E-state index is 0.170. The Hall–Kier alpha value is -1.59. The van der Waals surface area contributed by atoms with E-state index < -0.39 is 0 Å². The zero-order chi connectivity index (χ0) is 8.72. The monoisotopic (exact) mass is 159 g/mol. The van der Waals surface area contributed by atoms with Crippen LogP contribution in [0.1, 0.15) is 0 Å². The van der Waals surface area contributed by atoms with Crippen LogP contribution in [0.25, 0.3) is 11.2 Å². The van der Waals surface area contributed by atoms with E-state index in [2.05, 4.69) is 15.0 Å². The third-order valence-electron chi connectivity index (χ3n) is 1.60. The molecule has 0 aliphatic carbocycles. The van der Waals surface area contributed by atoms with E-state index in [1.807, 2.05) is 7.05 Å². The molecule has 0 aliphatic rings. The van der Waals surface area contributed by atoms with Crippen molar-refractivity contribution in [3.8, 4) is 0 Å². The van der Waals surface area contributed by atoms with Crippen LogP contribution >= 0.6 is 0 Å². The normalized spacial score (nSPS) is 10.8. The smallest absolute Gasteiger partial charge is 0.221 e. The molecule has 0 fully saturated rings. The Morgan fingerprint density at radius 3 is 3.00 bits per heavy atom. The summed E-state index contributed by atoms with van der Waals surface area (Å²) in [5.74, 6) is 0.170. The van der Waals surface area contributed by atoms with Crippen LogP contribution in [0.5, 0.6) is 0 Å². The van der Waals surface area contributed by atoms with Crippen molar-refractivity contribution in [2.75, 3.05) is 5.73 Å². The molecule has 6 heteroatoms. The fourth-order valence-electron chi connectivity index (χ4n) is 1.05. The van der Waals surface area contributed by atoms with Crippen LogP contribution in [0.15, 0.2) is 6.33 Å². The number of nitrogens with zero attached hydrogens (tertiary/aromatic N) is 4. The van der Waals surface area contributed by atoms with Gasteiger partial charge in [0.2, 0.25) is 5.95 Å². The second-order valence-corrected chi connectivity index (χ2v) is 2.49. The molecule has 58 valence electrons. The van der Waals surface area contributed by atoms with Gasteiger partial charge < -0.3 is 10.3 Å². The molecule has 0 spiro atoms. The average Bonchev–Trinajstić information content (AvgIpc) is 2.33. The van der Waals surface area contributed by atoms with Crippen molar-refractivity contribution in [2.45, 2.75) is 0 Å². The topological polar surface area (TPSA) is 69.6 Å². The van der Waals surface area contributed by atoms with Crippen molar-refractivity contribution < 1.29 is 0 Å². The van der Waals surface area contributed by atoms with E-state index >= 15 is 0 Å². The van der Waals surface area contributed by atoms with Crippen LogP contribution in [0.4, 0.5) is 5.95 Å². The highest BCUT2D eigenvalue weighted by Crippen LogP contribution is 2.04. The van der Waals surface area contributed by atoms with Gasteiger partial charge >= 0.3 is 0 Å². The number of nitrogen functional groups attached to an aromatic ring is 1. The quantitative estimate of drug-likeness (QED) is 0.487.